The number of carbonyl (C=O) groups is 2. The molecule has 0 aromatic heterocycles. The number of nitrogens with zero attached hydrogens (tertiary/aromatic N) is 1. The van der Waals surface area contributed by atoms with Crippen LogP contribution in [0.4, 0.5) is 5.69 Å². The Bertz CT molecular complexity index is 767. The number of aromatic hydroxyl groups is 1. The highest BCUT2D eigenvalue weighted by Gasteiger charge is 2.35. The molecule has 5 nitrogen and oxygen atoms in total. The molecule has 2 aromatic carbocycles. The minimum Gasteiger partial charge on any atom is -0.508 e. The largest absolute Gasteiger partial charge is 0.508 e. The van der Waals surface area contributed by atoms with E-state index >= 15 is 0 Å². The molecule has 26 heavy (non-hydrogen) atoms. The number of rotatable bonds is 7. The van der Waals surface area contributed by atoms with E-state index in [0.29, 0.717) is 18.8 Å². The average Bonchev–Trinajstić information content (AvgIpc) is 3.04. The molecule has 1 aliphatic rings. The van der Waals surface area contributed by atoms with Crippen molar-refractivity contribution in [2.45, 2.75) is 12.2 Å². The van der Waals surface area contributed by atoms with Gasteiger partial charge in [0, 0.05) is 42.8 Å². The van der Waals surface area contributed by atoms with Crippen LogP contribution in [0.15, 0.2) is 54.6 Å². The smallest absolute Gasteiger partial charge is 0.227 e. The van der Waals surface area contributed by atoms with Crippen LogP contribution >= 0.6 is 11.8 Å². The summed E-state index contributed by atoms with van der Waals surface area (Å²) in [5.74, 6) is 1.35. The van der Waals surface area contributed by atoms with Gasteiger partial charge >= 0.3 is 0 Å². The van der Waals surface area contributed by atoms with Crippen LogP contribution in [-0.4, -0.2) is 35.8 Å². The van der Waals surface area contributed by atoms with E-state index < -0.39 is 0 Å². The highest BCUT2D eigenvalue weighted by atomic mass is 32.2. The molecular formula is C20H22N2O3S. The van der Waals surface area contributed by atoms with Crippen molar-refractivity contribution in [2.24, 2.45) is 5.92 Å². The number of nitrogens with one attached hydrogen (secondary N) is 1. The molecule has 1 unspecified atom stereocenters. The van der Waals surface area contributed by atoms with Gasteiger partial charge in [-0.2, -0.15) is 11.8 Å². The van der Waals surface area contributed by atoms with Gasteiger partial charge in [-0.15, -0.1) is 0 Å². The minimum absolute atomic E-state index is 0.0821. The molecule has 0 aliphatic carbocycles. The van der Waals surface area contributed by atoms with Crippen LogP contribution in [0.2, 0.25) is 0 Å². The summed E-state index contributed by atoms with van der Waals surface area (Å²) in [6.07, 6.45) is 0.207. The molecule has 0 spiro atoms. The van der Waals surface area contributed by atoms with Crippen LogP contribution < -0.4 is 10.2 Å². The molecule has 6 heteroatoms. The quantitative estimate of drug-likeness (QED) is 0.736. The Kier molecular flexibility index (Phi) is 6.17. The second kappa shape index (κ2) is 8.76. The monoisotopic (exact) mass is 370 g/mol. The van der Waals surface area contributed by atoms with E-state index in [1.165, 1.54) is 5.56 Å². The molecule has 1 aliphatic heterocycles. The molecule has 2 aromatic rings. The maximum atomic E-state index is 12.3. The van der Waals surface area contributed by atoms with Gasteiger partial charge in [0.15, 0.2) is 0 Å². The van der Waals surface area contributed by atoms with Crippen LogP contribution in [0.1, 0.15) is 12.0 Å². The molecule has 1 fully saturated rings. The van der Waals surface area contributed by atoms with E-state index in [0.717, 1.165) is 11.5 Å². The van der Waals surface area contributed by atoms with E-state index in [2.05, 4.69) is 17.4 Å². The predicted octanol–water partition coefficient (Wildman–Crippen LogP) is 2.79. The minimum atomic E-state index is -0.344. The van der Waals surface area contributed by atoms with Gasteiger partial charge in [-0.1, -0.05) is 36.4 Å². The summed E-state index contributed by atoms with van der Waals surface area (Å²) in [6, 6.07) is 16.8. The number of hydrogen-bond acceptors (Lipinski definition) is 4. The highest BCUT2D eigenvalue weighted by Crippen LogP contribution is 2.27. The van der Waals surface area contributed by atoms with Gasteiger partial charge in [-0.3, -0.25) is 9.59 Å². The van der Waals surface area contributed by atoms with Gasteiger partial charge in [0.2, 0.25) is 11.8 Å². The average molecular weight is 370 g/mol. The highest BCUT2D eigenvalue weighted by molar-refractivity contribution is 7.98. The van der Waals surface area contributed by atoms with Gasteiger partial charge in [0.1, 0.15) is 5.75 Å². The fourth-order valence-electron chi connectivity index (χ4n) is 2.95. The summed E-state index contributed by atoms with van der Waals surface area (Å²) in [5.41, 5.74) is 1.90. The fourth-order valence-corrected chi connectivity index (χ4v) is 3.77. The third-order valence-corrected chi connectivity index (χ3v) is 5.32. The van der Waals surface area contributed by atoms with Crippen LogP contribution in [-0.2, 0) is 15.3 Å². The van der Waals surface area contributed by atoms with E-state index in [4.69, 9.17) is 0 Å². The fraction of sp³-hybridized carbons (Fsp3) is 0.300. The van der Waals surface area contributed by atoms with Crippen molar-refractivity contribution in [3.63, 3.8) is 0 Å². The SMILES string of the molecule is O=C(NCCSCc1ccccc1)C1CC(=O)N(c2cccc(O)c2)C1. The van der Waals surface area contributed by atoms with Crippen molar-refractivity contribution in [2.75, 3.05) is 23.7 Å². The zero-order valence-electron chi connectivity index (χ0n) is 14.4. The van der Waals surface area contributed by atoms with E-state index in [1.807, 2.05) is 18.2 Å². The number of carbonyl (C=O) groups excluding carboxylic acids is 2. The van der Waals surface area contributed by atoms with Crippen molar-refractivity contribution in [3.05, 3.63) is 60.2 Å². The van der Waals surface area contributed by atoms with Gasteiger partial charge in [0.05, 0.1) is 5.92 Å². The lowest BCUT2D eigenvalue weighted by Gasteiger charge is -2.17. The zero-order valence-corrected chi connectivity index (χ0v) is 15.2. The number of amides is 2. The molecule has 2 amide bonds. The Balaban J connectivity index is 1.42. The van der Waals surface area contributed by atoms with Gasteiger partial charge in [0.25, 0.3) is 0 Å². The van der Waals surface area contributed by atoms with Gasteiger partial charge in [-0.25, -0.2) is 0 Å². The van der Waals surface area contributed by atoms with Gasteiger partial charge < -0.3 is 15.3 Å². The molecule has 2 N–H and O–H groups in total. The van der Waals surface area contributed by atoms with Crippen LogP contribution in [0.3, 0.4) is 0 Å². The first-order valence-electron chi connectivity index (χ1n) is 8.62. The standard InChI is InChI=1S/C20H22N2O3S/c23-18-8-4-7-17(12-18)22-13-16(11-19(22)24)20(25)21-9-10-26-14-15-5-2-1-3-6-15/h1-8,12,16,23H,9-11,13-14H2,(H,21,25). The second-order valence-corrected chi connectivity index (χ2v) is 7.36. The van der Waals surface area contributed by atoms with E-state index in [1.54, 1.807) is 40.9 Å². The van der Waals surface area contributed by atoms with Crippen LogP contribution in [0.5, 0.6) is 5.75 Å². The number of phenolic OH excluding ortho intramolecular Hbond substituents is 1. The molecule has 136 valence electrons. The molecule has 1 saturated heterocycles. The van der Waals surface area contributed by atoms with Crippen molar-refractivity contribution >= 4 is 29.3 Å². The first-order chi connectivity index (χ1) is 12.6. The number of phenols is 1. The van der Waals surface area contributed by atoms with Crippen molar-refractivity contribution in [3.8, 4) is 5.75 Å². The van der Waals surface area contributed by atoms with Gasteiger partial charge in [-0.05, 0) is 17.7 Å². The number of anilines is 1. The maximum Gasteiger partial charge on any atom is 0.227 e. The molecule has 3 rings (SSSR count). The Labute approximate surface area is 157 Å². The van der Waals surface area contributed by atoms with Crippen molar-refractivity contribution in [1.29, 1.82) is 0 Å². The Morgan fingerprint density at radius 2 is 2.00 bits per heavy atom. The van der Waals surface area contributed by atoms with Crippen molar-refractivity contribution < 1.29 is 14.7 Å². The summed E-state index contributed by atoms with van der Waals surface area (Å²) >= 11 is 1.77. The Hall–Kier alpha value is -2.47. The third kappa shape index (κ3) is 4.79. The van der Waals surface area contributed by atoms with Crippen LogP contribution in [0, 0.1) is 5.92 Å². The molecule has 0 radical (unpaired) electrons. The topological polar surface area (TPSA) is 69.6 Å². The van der Waals surface area contributed by atoms with Crippen LogP contribution in [0.25, 0.3) is 0 Å². The Morgan fingerprint density at radius 1 is 1.19 bits per heavy atom. The molecule has 1 atom stereocenters. The summed E-state index contributed by atoms with van der Waals surface area (Å²) in [4.78, 5) is 26.1. The molecule has 1 heterocycles. The lowest BCUT2D eigenvalue weighted by Crippen LogP contribution is -2.34. The number of thioether (sulfide) groups is 1. The zero-order chi connectivity index (χ0) is 18.4. The van der Waals surface area contributed by atoms with E-state index in [9.17, 15) is 14.7 Å². The number of hydrogen-bond donors (Lipinski definition) is 2. The maximum absolute atomic E-state index is 12.3. The molecule has 0 saturated carbocycles. The normalized spacial score (nSPS) is 16.7. The summed E-state index contributed by atoms with van der Waals surface area (Å²) in [7, 11) is 0. The lowest BCUT2D eigenvalue weighted by molar-refractivity contribution is -0.126. The first-order valence-corrected chi connectivity index (χ1v) is 9.78. The lowest BCUT2D eigenvalue weighted by atomic mass is 10.1. The van der Waals surface area contributed by atoms with E-state index in [-0.39, 0.29) is 29.9 Å². The first kappa shape index (κ1) is 18.3. The predicted molar refractivity (Wildman–Crippen MR) is 104 cm³/mol. The van der Waals surface area contributed by atoms with Crippen molar-refractivity contribution in [1.82, 2.24) is 5.32 Å². The summed E-state index contributed by atoms with van der Waals surface area (Å²) < 4.78 is 0. The second-order valence-electron chi connectivity index (χ2n) is 6.25. The molecular weight excluding hydrogens is 348 g/mol. The Morgan fingerprint density at radius 3 is 2.77 bits per heavy atom. The number of benzene rings is 2. The molecule has 0 bridgehead atoms. The summed E-state index contributed by atoms with van der Waals surface area (Å²) in [5, 5.41) is 12.5. The third-order valence-electron chi connectivity index (χ3n) is 4.29. The summed E-state index contributed by atoms with van der Waals surface area (Å²) in [6.45, 7) is 0.943.